The number of benzene rings is 9. The molecule has 0 unspecified atom stereocenters. The van der Waals surface area contributed by atoms with Crippen molar-refractivity contribution in [2.75, 3.05) is 0 Å². The predicted octanol–water partition coefficient (Wildman–Crippen LogP) is 15.2. The van der Waals surface area contributed by atoms with Gasteiger partial charge in [-0.15, -0.1) is 0 Å². The zero-order valence-corrected chi connectivity index (χ0v) is 34.0. The first-order valence-corrected chi connectivity index (χ1v) is 21.3. The van der Waals surface area contributed by atoms with Crippen LogP contribution in [0.2, 0.25) is 0 Å². The molecule has 0 radical (unpaired) electrons. The number of furan rings is 1. The van der Waals surface area contributed by atoms with Crippen LogP contribution in [0, 0.1) is 0 Å². The molecule has 0 spiro atoms. The van der Waals surface area contributed by atoms with E-state index in [9.17, 15) is 0 Å². The van der Waals surface area contributed by atoms with Crippen molar-refractivity contribution in [2.45, 2.75) is 0 Å². The highest BCUT2D eigenvalue weighted by atomic mass is 16.3. The Labute approximate surface area is 362 Å². The molecule has 4 aromatic heterocycles. The SMILES string of the molecule is c1ccc(-c2cc(-c3ccccc3)nc(-c3cccc4oc5c(-n6c7ccccc7c7cc(-c8ccc9c(c8)c8ccccc8n9-c8ccccc8)ccc76)cccc5c34)n2)cc1. The summed E-state index contributed by atoms with van der Waals surface area (Å²) in [5.41, 5.74) is 15.4. The van der Waals surface area contributed by atoms with Crippen LogP contribution in [0.3, 0.4) is 0 Å². The van der Waals surface area contributed by atoms with Gasteiger partial charge in [-0.2, -0.15) is 0 Å². The summed E-state index contributed by atoms with van der Waals surface area (Å²) in [6.07, 6.45) is 0. The topological polar surface area (TPSA) is 48.8 Å². The smallest absolute Gasteiger partial charge is 0.161 e. The zero-order valence-electron chi connectivity index (χ0n) is 34.0. The van der Waals surface area contributed by atoms with Crippen LogP contribution in [0.25, 0.3) is 122 Å². The third kappa shape index (κ3) is 5.57. The number of hydrogen-bond acceptors (Lipinski definition) is 3. The number of para-hydroxylation sites is 4. The average molecular weight is 805 g/mol. The molecule has 9 aromatic carbocycles. The van der Waals surface area contributed by atoms with Gasteiger partial charge in [0.1, 0.15) is 5.58 Å². The van der Waals surface area contributed by atoms with Crippen LogP contribution in [-0.4, -0.2) is 19.1 Å². The molecule has 0 saturated heterocycles. The third-order valence-electron chi connectivity index (χ3n) is 12.5. The molecule has 0 aliphatic carbocycles. The Kier molecular flexibility index (Phi) is 7.84. The summed E-state index contributed by atoms with van der Waals surface area (Å²) >= 11 is 0. The van der Waals surface area contributed by atoms with Crippen LogP contribution in [0.4, 0.5) is 0 Å². The highest BCUT2D eigenvalue weighted by molar-refractivity contribution is 6.16. The van der Waals surface area contributed by atoms with Gasteiger partial charge in [0.15, 0.2) is 11.4 Å². The molecule has 5 heteroatoms. The summed E-state index contributed by atoms with van der Waals surface area (Å²) in [5, 5.41) is 6.85. The first-order chi connectivity index (χ1) is 31.2. The van der Waals surface area contributed by atoms with Crippen LogP contribution in [0.15, 0.2) is 223 Å². The maximum atomic E-state index is 6.92. The first kappa shape index (κ1) is 35.2. The van der Waals surface area contributed by atoms with Crippen LogP contribution >= 0.6 is 0 Å². The monoisotopic (exact) mass is 804 g/mol. The zero-order chi connectivity index (χ0) is 41.4. The summed E-state index contributed by atoms with van der Waals surface area (Å²) in [7, 11) is 0. The molecule has 0 amide bonds. The van der Waals surface area contributed by atoms with Gasteiger partial charge in [0, 0.05) is 54.7 Å². The fraction of sp³-hybridized carbons (Fsp3) is 0. The second kappa shape index (κ2) is 14.0. The second-order valence-corrected chi connectivity index (χ2v) is 16.1. The molecular weight excluding hydrogens is 769 g/mol. The fourth-order valence-corrected chi connectivity index (χ4v) is 9.70. The molecule has 4 heterocycles. The van der Waals surface area contributed by atoms with Crippen molar-refractivity contribution in [3.63, 3.8) is 0 Å². The van der Waals surface area contributed by atoms with Crippen molar-refractivity contribution in [1.82, 2.24) is 19.1 Å². The third-order valence-corrected chi connectivity index (χ3v) is 12.5. The normalized spacial score (nSPS) is 11.8. The molecule has 63 heavy (non-hydrogen) atoms. The second-order valence-electron chi connectivity index (χ2n) is 16.1. The Hall–Kier alpha value is -8.54. The Morgan fingerprint density at radius 1 is 0.349 bits per heavy atom. The fourth-order valence-electron chi connectivity index (χ4n) is 9.70. The maximum Gasteiger partial charge on any atom is 0.161 e. The lowest BCUT2D eigenvalue weighted by Gasteiger charge is -2.10. The standard InChI is InChI=1S/C58H36N4O/c1-4-16-37(17-5-1)48-36-49(38-18-6-2-7-19-38)60-58(59-48)45-25-15-29-55-56(45)44-24-14-28-54(57(44)63-55)62-51-27-13-11-23-43(51)47-35-40(31-33-53(47)62)39-30-32-52-46(34-39)42-22-10-12-26-50(42)61(52)41-20-8-3-9-21-41/h1-36H. The van der Waals surface area contributed by atoms with E-state index < -0.39 is 0 Å². The van der Waals surface area contributed by atoms with E-state index in [0.717, 1.165) is 72.4 Å². The van der Waals surface area contributed by atoms with Crippen molar-refractivity contribution in [3.05, 3.63) is 218 Å². The molecule has 0 N–H and O–H groups in total. The van der Waals surface area contributed by atoms with Crippen LogP contribution in [-0.2, 0) is 0 Å². The van der Waals surface area contributed by atoms with Gasteiger partial charge in [0.25, 0.3) is 0 Å². The van der Waals surface area contributed by atoms with Crippen molar-refractivity contribution in [3.8, 4) is 56.4 Å². The Balaban J connectivity index is 0.981. The average Bonchev–Trinajstić information content (AvgIpc) is 4.02. The Morgan fingerprint density at radius 3 is 1.49 bits per heavy atom. The van der Waals surface area contributed by atoms with Crippen LogP contribution in [0.5, 0.6) is 0 Å². The van der Waals surface area contributed by atoms with E-state index >= 15 is 0 Å². The highest BCUT2D eigenvalue weighted by Gasteiger charge is 2.22. The molecule has 5 nitrogen and oxygen atoms in total. The van der Waals surface area contributed by atoms with Crippen molar-refractivity contribution < 1.29 is 4.42 Å². The molecule has 0 atom stereocenters. The Bertz CT molecular complexity index is 3840. The number of rotatable bonds is 6. The van der Waals surface area contributed by atoms with Gasteiger partial charge in [-0.05, 0) is 77.9 Å². The van der Waals surface area contributed by atoms with E-state index in [-0.39, 0.29) is 0 Å². The lowest BCUT2D eigenvalue weighted by atomic mass is 10.0. The number of nitrogens with zero attached hydrogens (tertiary/aromatic N) is 4. The van der Waals surface area contributed by atoms with Crippen molar-refractivity contribution in [2.24, 2.45) is 0 Å². The molecule has 13 rings (SSSR count). The summed E-state index contributed by atoms with van der Waals surface area (Å²) < 4.78 is 11.6. The maximum absolute atomic E-state index is 6.92. The minimum absolute atomic E-state index is 0.654. The van der Waals surface area contributed by atoms with E-state index in [2.05, 4.69) is 179 Å². The summed E-state index contributed by atoms with van der Waals surface area (Å²) in [6.45, 7) is 0. The molecule has 0 fully saturated rings. The summed E-state index contributed by atoms with van der Waals surface area (Å²) in [5.74, 6) is 0.654. The van der Waals surface area contributed by atoms with Gasteiger partial charge >= 0.3 is 0 Å². The molecule has 0 aliphatic rings. The number of fused-ring (bicyclic) bond motifs is 9. The van der Waals surface area contributed by atoms with Gasteiger partial charge in [-0.25, -0.2) is 9.97 Å². The highest BCUT2D eigenvalue weighted by Crippen LogP contribution is 2.43. The molecule has 0 bridgehead atoms. The van der Waals surface area contributed by atoms with Gasteiger partial charge in [0.2, 0.25) is 0 Å². The van der Waals surface area contributed by atoms with Crippen molar-refractivity contribution in [1.29, 1.82) is 0 Å². The molecular formula is C58H36N4O. The van der Waals surface area contributed by atoms with Crippen LogP contribution in [0.1, 0.15) is 0 Å². The summed E-state index contributed by atoms with van der Waals surface area (Å²) in [4.78, 5) is 10.4. The first-order valence-electron chi connectivity index (χ1n) is 21.3. The van der Waals surface area contributed by atoms with Gasteiger partial charge in [0.05, 0.1) is 39.1 Å². The molecule has 294 valence electrons. The Morgan fingerprint density at radius 2 is 0.857 bits per heavy atom. The van der Waals surface area contributed by atoms with E-state index in [1.165, 1.54) is 43.7 Å². The number of aromatic nitrogens is 4. The molecule has 0 saturated carbocycles. The largest absolute Gasteiger partial charge is 0.454 e. The van der Waals surface area contributed by atoms with Gasteiger partial charge in [-0.3, -0.25) is 0 Å². The number of hydrogen-bond donors (Lipinski definition) is 0. The molecule has 0 aliphatic heterocycles. The lowest BCUT2D eigenvalue weighted by molar-refractivity contribution is 0.666. The van der Waals surface area contributed by atoms with E-state index in [1.807, 2.05) is 48.5 Å². The van der Waals surface area contributed by atoms with E-state index in [4.69, 9.17) is 14.4 Å². The van der Waals surface area contributed by atoms with Gasteiger partial charge in [-0.1, -0.05) is 152 Å². The minimum Gasteiger partial charge on any atom is -0.454 e. The van der Waals surface area contributed by atoms with Crippen molar-refractivity contribution >= 4 is 65.6 Å². The predicted molar refractivity (Wildman–Crippen MR) is 260 cm³/mol. The molecule has 13 aromatic rings. The van der Waals surface area contributed by atoms with Gasteiger partial charge < -0.3 is 13.6 Å². The summed E-state index contributed by atoms with van der Waals surface area (Å²) in [6, 6.07) is 77.2. The lowest BCUT2D eigenvalue weighted by Crippen LogP contribution is -1.96. The van der Waals surface area contributed by atoms with Crippen LogP contribution < -0.4 is 0 Å². The minimum atomic E-state index is 0.654. The quantitative estimate of drug-likeness (QED) is 0.168. The van der Waals surface area contributed by atoms with E-state index in [0.29, 0.717) is 5.82 Å². The van der Waals surface area contributed by atoms with E-state index in [1.54, 1.807) is 0 Å².